The fourth-order valence-corrected chi connectivity index (χ4v) is 2.84. The third-order valence-corrected chi connectivity index (χ3v) is 4.20. The summed E-state index contributed by atoms with van der Waals surface area (Å²) in [7, 11) is 0. The van der Waals surface area contributed by atoms with Crippen LogP contribution in [0.3, 0.4) is 0 Å². The van der Waals surface area contributed by atoms with Gasteiger partial charge in [-0.05, 0) is 18.6 Å². The molecule has 6 heteroatoms. The van der Waals surface area contributed by atoms with Gasteiger partial charge in [-0.1, -0.05) is 44.2 Å². The van der Waals surface area contributed by atoms with Gasteiger partial charge in [0.05, 0.1) is 11.1 Å². The van der Waals surface area contributed by atoms with Gasteiger partial charge in [0, 0.05) is 6.54 Å². The fraction of sp³-hybridized carbons (Fsp3) is 0.412. The number of hydrogen-bond acceptors (Lipinski definition) is 5. The molecule has 1 aliphatic rings. The molecule has 0 spiro atoms. The van der Waals surface area contributed by atoms with Crippen LogP contribution in [0.4, 0.5) is 0 Å². The van der Waals surface area contributed by atoms with Gasteiger partial charge in [-0.2, -0.15) is 0 Å². The highest BCUT2D eigenvalue weighted by atomic mass is 35.5. The second-order valence-corrected chi connectivity index (χ2v) is 5.92. The van der Waals surface area contributed by atoms with E-state index in [2.05, 4.69) is 12.2 Å². The van der Waals surface area contributed by atoms with Crippen molar-refractivity contribution in [3.63, 3.8) is 0 Å². The number of rotatable bonds is 7. The Morgan fingerprint density at radius 3 is 2.13 bits per heavy atom. The Morgan fingerprint density at radius 1 is 0.957 bits per heavy atom. The summed E-state index contributed by atoms with van der Waals surface area (Å²) in [6, 6.07) is 2.34. The smallest absolute Gasteiger partial charge is 0.215 e. The lowest BCUT2D eigenvalue weighted by atomic mass is 9.90. The van der Waals surface area contributed by atoms with Crippen LogP contribution < -0.4 is 5.32 Å². The summed E-state index contributed by atoms with van der Waals surface area (Å²) < 4.78 is 0. The molecule has 0 atom stereocenters. The van der Waals surface area contributed by atoms with Crippen molar-refractivity contribution in [2.45, 2.75) is 39.0 Å². The molecule has 23 heavy (non-hydrogen) atoms. The molecule has 0 unspecified atom stereocenters. The van der Waals surface area contributed by atoms with Gasteiger partial charge in [-0.15, -0.1) is 0 Å². The predicted octanol–water partition coefficient (Wildman–Crippen LogP) is 3.49. The van der Waals surface area contributed by atoms with Crippen LogP contribution in [0.5, 0.6) is 11.5 Å². The van der Waals surface area contributed by atoms with Crippen LogP contribution in [0.2, 0.25) is 0 Å². The summed E-state index contributed by atoms with van der Waals surface area (Å²) in [5, 5.41) is 22.3. The molecule has 1 aromatic rings. The molecule has 0 aromatic heterocycles. The molecular weight excluding hydrogens is 318 g/mol. The van der Waals surface area contributed by atoms with Crippen molar-refractivity contribution in [2.24, 2.45) is 0 Å². The highest BCUT2D eigenvalue weighted by molar-refractivity contribution is 6.50. The number of Topliss-reactive ketones (excluding diaryl/α,β-unsaturated/α-hetero) is 2. The monoisotopic (exact) mass is 337 g/mol. The van der Waals surface area contributed by atoms with Gasteiger partial charge in [0.1, 0.15) is 22.2 Å². The van der Waals surface area contributed by atoms with Gasteiger partial charge in [-0.25, -0.2) is 0 Å². The fourth-order valence-electron chi connectivity index (χ4n) is 2.59. The SMILES string of the molecule is CCCCCCCNC1=C(Cl)C(=O)c2c(O)ccc(O)c2C1=O. The first-order valence-electron chi connectivity index (χ1n) is 7.77. The molecule has 124 valence electrons. The Kier molecular flexibility index (Phi) is 5.66. The number of aromatic hydroxyl groups is 2. The minimum Gasteiger partial charge on any atom is -0.507 e. The number of benzene rings is 1. The van der Waals surface area contributed by atoms with E-state index in [1.807, 2.05) is 0 Å². The molecule has 0 saturated carbocycles. The number of hydrogen-bond donors (Lipinski definition) is 3. The van der Waals surface area contributed by atoms with Crippen LogP contribution in [-0.2, 0) is 0 Å². The van der Waals surface area contributed by atoms with E-state index in [-0.39, 0.29) is 33.4 Å². The summed E-state index contributed by atoms with van der Waals surface area (Å²) in [4.78, 5) is 24.8. The zero-order chi connectivity index (χ0) is 17.0. The number of unbranched alkanes of at least 4 members (excludes halogenated alkanes) is 4. The lowest BCUT2D eigenvalue weighted by Crippen LogP contribution is -2.29. The molecule has 0 fully saturated rings. The normalized spacial score (nSPS) is 14.2. The van der Waals surface area contributed by atoms with E-state index < -0.39 is 11.6 Å². The molecule has 1 aliphatic carbocycles. The van der Waals surface area contributed by atoms with Crippen molar-refractivity contribution in [1.29, 1.82) is 0 Å². The lowest BCUT2D eigenvalue weighted by Gasteiger charge is -2.20. The van der Waals surface area contributed by atoms with E-state index in [9.17, 15) is 19.8 Å². The van der Waals surface area contributed by atoms with E-state index in [1.165, 1.54) is 12.5 Å². The van der Waals surface area contributed by atoms with Gasteiger partial charge in [0.15, 0.2) is 0 Å². The highest BCUT2D eigenvalue weighted by Gasteiger charge is 2.35. The van der Waals surface area contributed by atoms with Gasteiger partial charge in [0.2, 0.25) is 11.6 Å². The number of halogens is 1. The van der Waals surface area contributed by atoms with Crippen LogP contribution in [0.25, 0.3) is 0 Å². The maximum Gasteiger partial charge on any atom is 0.215 e. The third-order valence-electron chi connectivity index (χ3n) is 3.84. The number of phenols is 2. The Morgan fingerprint density at radius 2 is 1.52 bits per heavy atom. The molecule has 0 amide bonds. The van der Waals surface area contributed by atoms with Crippen LogP contribution in [0, 0.1) is 0 Å². The first kappa shape index (κ1) is 17.3. The Labute approximate surface area is 140 Å². The average molecular weight is 338 g/mol. The Balaban J connectivity index is 2.16. The van der Waals surface area contributed by atoms with Crippen molar-refractivity contribution in [3.8, 4) is 11.5 Å². The standard InChI is InChI=1S/C17H20ClNO4/c1-2-3-4-5-6-9-19-15-14(18)16(22)12-10(20)7-8-11(21)13(12)17(15)23/h7-8,19-21H,2-6,9H2,1H3. The summed E-state index contributed by atoms with van der Waals surface area (Å²) >= 11 is 6.00. The molecular formula is C17H20ClNO4. The first-order valence-corrected chi connectivity index (χ1v) is 8.14. The van der Waals surface area contributed by atoms with Crippen molar-refractivity contribution in [1.82, 2.24) is 5.32 Å². The number of carbonyl (C=O) groups is 2. The number of allylic oxidation sites excluding steroid dienone is 2. The van der Waals surface area contributed by atoms with Crippen molar-refractivity contribution < 1.29 is 19.8 Å². The van der Waals surface area contributed by atoms with Gasteiger partial charge >= 0.3 is 0 Å². The maximum absolute atomic E-state index is 12.5. The van der Waals surface area contributed by atoms with E-state index in [0.717, 1.165) is 31.7 Å². The quantitative estimate of drug-likeness (QED) is 0.523. The van der Waals surface area contributed by atoms with E-state index in [4.69, 9.17) is 11.6 Å². The first-order chi connectivity index (χ1) is 11.0. The summed E-state index contributed by atoms with van der Waals surface area (Å²) in [5.41, 5.74) is -0.457. The van der Waals surface area contributed by atoms with E-state index in [1.54, 1.807) is 0 Å². The molecule has 0 aliphatic heterocycles. The Hall–Kier alpha value is -2.01. The van der Waals surface area contributed by atoms with Gasteiger partial charge < -0.3 is 15.5 Å². The van der Waals surface area contributed by atoms with Crippen LogP contribution in [0.15, 0.2) is 22.9 Å². The van der Waals surface area contributed by atoms with Crippen LogP contribution in [0.1, 0.15) is 59.7 Å². The molecule has 5 nitrogen and oxygen atoms in total. The number of nitrogens with one attached hydrogen (secondary N) is 1. The molecule has 0 bridgehead atoms. The van der Waals surface area contributed by atoms with Crippen molar-refractivity contribution in [3.05, 3.63) is 34.0 Å². The topological polar surface area (TPSA) is 86.6 Å². The second-order valence-electron chi connectivity index (χ2n) is 5.54. The van der Waals surface area contributed by atoms with Gasteiger partial charge in [-0.3, -0.25) is 9.59 Å². The summed E-state index contributed by atoms with van der Waals surface area (Å²) in [6.45, 7) is 2.65. The Bertz CT molecular complexity index is 667. The van der Waals surface area contributed by atoms with E-state index in [0.29, 0.717) is 6.54 Å². The van der Waals surface area contributed by atoms with Crippen molar-refractivity contribution >= 4 is 23.2 Å². The third kappa shape index (κ3) is 3.50. The summed E-state index contributed by atoms with van der Waals surface area (Å²) in [5.74, 6) is -1.95. The number of ketones is 2. The maximum atomic E-state index is 12.5. The highest BCUT2D eigenvalue weighted by Crippen LogP contribution is 2.37. The lowest BCUT2D eigenvalue weighted by molar-refractivity contribution is 0.0969. The number of carbonyl (C=O) groups excluding carboxylic acids is 2. The summed E-state index contributed by atoms with van der Waals surface area (Å²) in [6.07, 6.45) is 5.32. The van der Waals surface area contributed by atoms with Crippen LogP contribution >= 0.6 is 11.6 Å². The molecule has 2 rings (SSSR count). The molecule has 0 radical (unpaired) electrons. The largest absolute Gasteiger partial charge is 0.507 e. The second kappa shape index (κ2) is 7.51. The minimum absolute atomic E-state index is 0.0134. The van der Waals surface area contributed by atoms with Crippen molar-refractivity contribution in [2.75, 3.05) is 6.54 Å². The number of fused-ring (bicyclic) bond motifs is 1. The van der Waals surface area contributed by atoms with Crippen LogP contribution in [-0.4, -0.2) is 28.3 Å². The zero-order valence-electron chi connectivity index (χ0n) is 13.0. The minimum atomic E-state index is -0.664. The molecule has 1 aromatic carbocycles. The van der Waals surface area contributed by atoms with Gasteiger partial charge in [0.25, 0.3) is 0 Å². The average Bonchev–Trinajstić information content (AvgIpc) is 2.53. The molecule has 0 heterocycles. The molecule has 3 N–H and O–H groups in total. The zero-order valence-corrected chi connectivity index (χ0v) is 13.7. The number of phenolic OH excluding ortho intramolecular Hbond substituents is 2. The molecule has 0 saturated heterocycles. The van der Waals surface area contributed by atoms with E-state index >= 15 is 0 Å². The predicted molar refractivity (Wildman–Crippen MR) is 88.1 cm³/mol.